The lowest BCUT2D eigenvalue weighted by molar-refractivity contribution is 0.362. The average Bonchev–Trinajstić information content (AvgIpc) is 2.37. The Morgan fingerprint density at radius 1 is 1.45 bits per heavy atom. The van der Waals surface area contributed by atoms with Crippen molar-refractivity contribution in [2.24, 2.45) is 16.8 Å². The maximum absolute atomic E-state index is 14.1. The fourth-order valence-corrected chi connectivity index (χ4v) is 3.10. The maximum atomic E-state index is 14.1. The summed E-state index contributed by atoms with van der Waals surface area (Å²) in [6.45, 7) is 3.38. The minimum atomic E-state index is -3.88. The number of hydrogen-bond donors (Lipinski definition) is 2. The topological polar surface area (TPSA) is 89.4 Å². The second-order valence-electron chi connectivity index (χ2n) is 5.37. The van der Waals surface area contributed by atoms with Gasteiger partial charge in [-0.15, -0.1) is 0 Å². The molecule has 0 bridgehead atoms. The molecule has 20 heavy (non-hydrogen) atoms. The molecule has 112 valence electrons. The SMILES string of the molecule is CC(N)C1CCCN(c2ccc(S(N)(=O)=O)cc2F)C1. The Hall–Kier alpha value is -1.18. The fraction of sp³-hybridized carbons (Fsp3) is 0.538. The van der Waals surface area contributed by atoms with E-state index in [1.165, 1.54) is 12.1 Å². The number of piperidine rings is 1. The molecule has 0 radical (unpaired) electrons. The quantitative estimate of drug-likeness (QED) is 0.873. The van der Waals surface area contributed by atoms with Crippen LogP contribution >= 0.6 is 0 Å². The van der Waals surface area contributed by atoms with Crippen LogP contribution in [0.3, 0.4) is 0 Å². The monoisotopic (exact) mass is 301 g/mol. The summed E-state index contributed by atoms with van der Waals surface area (Å²) < 4.78 is 36.5. The third-order valence-corrected chi connectivity index (χ3v) is 4.70. The molecule has 4 N–H and O–H groups in total. The fourth-order valence-electron chi connectivity index (χ4n) is 2.58. The molecule has 1 fully saturated rings. The molecule has 1 aliphatic heterocycles. The van der Waals surface area contributed by atoms with Gasteiger partial charge in [-0.05, 0) is 43.9 Å². The van der Waals surface area contributed by atoms with Gasteiger partial charge in [0.15, 0.2) is 0 Å². The van der Waals surface area contributed by atoms with Gasteiger partial charge >= 0.3 is 0 Å². The van der Waals surface area contributed by atoms with Gasteiger partial charge in [0.2, 0.25) is 10.0 Å². The Kier molecular flexibility index (Phi) is 4.31. The Labute approximate surface area is 118 Å². The van der Waals surface area contributed by atoms with Gasteiger partial charge in [-0.3, -0.25) is 0 Å². The van der Waals surface area contributed by atoms with Crippen LogP contribution in [0.1, 0.15) is 19.8 Å². The van der Waals surface area contributed by atoms with Gasteiger partial charge in [-0.1, -0.05) is 0 Å². The highest BCUT2D eigenvalue weighted by atomic mass is 32.2. The van der Waals surface area contributed by atoms with Crippen LogP contribution in [0.15, 0.2) is 23.1 Å². The highest BCUT2D eigenvalue weighted by Gasteiger charge is 2.25. The molecular weight excluding hydrogens is 281 g/mol. The van der Waals surface area contributed by atoms with E-state index in [9.17, 15) is 12.8 Å². The number of rotatable bonds is 3. The van der Waals surface area contributed by atoms with E-state index < -0.39 is 15.8 Å². The molecule has 1 aromatic carbocycles. The summed E-state index contributed by atoms with van der Waals surface area (Å²) >= 11 is 0. The molecule has 0 saturated carbocycles. The average molecular weight is 301 g/mol. The zero-order valence-corrected chi connectivity index (χ0v) is 12.2. The van der Waals surface area contributed by atoms with E-state index in [4.69, 9.17) is 10.9 Å². The van der Waals surface area contributed by atoms with E-state index >= 15 is 0 Å². The summed E-state index contributed by atoms with van der Waals surface area (Å²) in [6.07, 6.45) is 1.98. The van der Waals surface area contributed by atoms with Crippen molar-refractivity contribution >= 4 is 15.7 Å². The van der Waals surface area contributed by atoms with Gasteiger partial charge in [0.1, 0.15) is 5.82 Å². The van der Waals surface area contributed by atoms with E-state index in [-0.39, 0.29) is 10.9 Å². The van der Waals surface area contributed by atoms with Crippen LogP contribution < -0.4 is 15.8 Å². The van der Waals surface area contributed by atoms with Crippen LogP contribution in [0.2, 0.25) is 0 Å². The Morgan fingerprint density at radius 3 is 2.70 bits per heavy atom. The van der Waals surface area contributed by atoms with E-state index in [2.05, 4.69) is 0 Å². The van der Waals surface area contributed by atoms with Crippen molar-refractivity contribution in [3.05, 3.63) is 24.0 Å². The molecule has 2 unspecified atom stereocenters. The number of benzene rings is 1. The van der Waals surface area contributed by atoms with Crippen LogP contribution in [0.25, 0.3) is 0 Å². The molecule has 0 spiro atoms. The second-order valence-corrected chi connectivity index (χ2v) is 6.93. The standard InChI is InChI=1S/C13H20FN3O2S/c1-9(15)10-3-2-6-17(8-10)13-5-4-11(7-12(13)14)20(16,18)19/h4-5,7,9-10H,2-3,6,8,15H2,1H3,(H2,16,18,19). The summed E-state index contributed by atoms with van der Waals surface area (Å²) in [5, 5.41) is 4.99. The number of hydrogen-bond acceptors (Lipinski definition) is 4. The number of nitrogens with two attached hydrogens (primary N) is 2. The van der Waals surface area contributed by atoms with E-state index in [1.54, 1.807) is 0 Å². The molecule has 0 aromatic heterocycles. The van der Waals surface area contributed by atoms with Crippen molar-refractivity contribution in [3.8, 4) is 0 Å². The lowest BCUT2D eigenvalue weighted by Gasteiger charge is -2.36. The van der Waals surface area contributed by atoms with E-state index in [1.807, 2.05) is 11.8 Å². The van der Waals surface area contributed by atoms with Crippen molar-refractivity contribution in [2.75, 3.05) is 18.0 Å². The van der Waals surface area contributed by atoms with Crippen molar-refractivity contribution in [1.29, 1.82) is 0 Å². The molecule has 1 saturated heterocycles. The predicted molar refractivity (Wildman–Crippen MR) is 76.4 cm³/mol. The number of nitrogens with zero attached hydrogens (tertiary/aromatic N) is 1. The van der Waals surface area contributed by atoms with Crippen molar-refractivity contribution in [1.82, 2.24) is 0 Å². The molecule has 0 amide bonds. The van der Waals surface area contributed by atoms with Crippen molar-refractivity contribution < 1.29 is 12.8 Å². The van der Waals surface area contributed by atoms with Gasteiger partial charge in [0, 0.05) is 19.1 Å². The zero-order chi connectivity index (χ0) is 14.9. The Balaban J connectivity index is 2.25. The minimum absolute atomic E-state index is 0.0598. The molecule has 1 heterocycles. The van der Waals surface area contributed by atoms with Crippen molar-refractivity contribution in [3.63, 3.8) is 0 Å². The lowest BCUT2D eigenvalue weighted by atomic mass is 9.92. The molecule has 5 nitrogen and oxygen atoms in total. The number of halogens is 1. The van der Waals surface area contributed by atoms with E-state index in [0.717, 1.165) is 25.5 Å². The predicted octanol–water partition coefficient (Wildman–Crippen LogP) is 1.04. The van der Waals surface area contributed by atoms with Crippen LogP contribution in [-0.2, 0) is 10.0 Å². The molecule has 1 aliphatic rings. The summed E-state index contributed by atoms with van der Waals surface area (Å²) in [5.74, 6) is -0.247. The largest absolute Gasteiger partial charge is 0.369 e. The van der Waals surface area contributed by atoms with Crippen LogP contribution in [0.4, 0.5) is 10.1 Å². The van der Waals surface area contributed by atoms with Gasteiger partial charge in [-0.2, -0.15) is 0 Å². The third kappa shape index (κ3) is 3.28. The number of anilines is 1. The first-order chi connectivity index (χ1) is 9.29. The van der Waals surface area contributed by atoms with E-state index in [0.29, 0.717) is 18.2 Å². The van der Waals surface area contributed by atoms with Crippen LogP contribution in [0, 0.1) is 11.7 Å². The smallest absolute Gasteiger partial charge is 0.238 e. The number of primary sulfonamides is 1. The normalized spacial score (nSPS) is 21.8. The number of sulfonamides is 1. The van der Waals surface area contributed by atoms with Crippen molar-refractivity contribution in [2.45, 2.75) is 30.7 Å². The highest BCUT2D eigenvalue weighted by molar-refractivity contribution is 7.89. The van der Waals surface area contributed by atoms with Gasteiger partial charge in [-0.25, -0.2) is 17.9 Å². The molecule has 7 heteroatoms. The molecule has 1 aromatic rings. The molecule has 0 aliphatic carbocycles. The van der Waals surface area contributed by atoms with Gasteiger partial charge in [0.25, 0.3) is 0 Å². The third-order valence-electron chi connectivity index (χ3n) is 3.79. The highest BCUT2D eigenvalue weighted by Crippen LogP contribution is 2.28. The first-order valence-electron chi connectivity index (χ1n) is 6.62. The Bertz CT molecular complexity index is 589. The summed E-state index contributed by atoms with van der Waals surface area (Å²) in [5.41, 5.74) is 6.32. The zero-order valence-electron chi connectivity index (χ0n) is 11.4. The second kappa shape index (κ2) is 5.67. The molecule has 2 rings (SSSR count). The summed E-state index contributed by atoms with van der Waals surface area (Å²) in [6, 6.07) is 3.84. The lowest BCUT2D eigenvalue weighted by Crippen LogP contribution is -2.42. The van der Waals surface area contributed by atoms with Gasteiger partial charge in [0.05, 0.1) is 10.6 Å². The molecular formula is C13H20FN3O2S. The minimum Gasteiger partial charge on any atom is -0.369 e. The first-order valence-corrected chi connectivity index (χ1v) is 8.16. The summed E-state index contributed by atoms with van der Waals surface area (Å²) in [4.78, 5) is 1.71. The summed E-state index contributed by atoms with van der Waals surface area (Å²) in [7, 11) is -3.88. The first kappa shape index (κ1) is 15.2. The maximum Gasteiger partial charge on any atom is 0.238 e. The Morgan fingerprint density at radius 2 is 2.15 bits per heavy atom. The van der Waals surface area contributed by atoms with Crippen LogP contribution in [0.5, 0.6) is 0 Å². The van der Waals surface area contributed by atoms with Crippen LogP contribution in [-0.4, -0.2) is 27.5 Å². The molecule has 2 atom stereocenters. The van der Waals surface area contributed by atoms with Gasteiger partial charge < -0.3 is 10.6 Å².